The molecule has 0 bridgehead atoms. The van der Waals surface area contributed by atoms with Gasteiger partial charge < -0.3 is 0 Å². The molecule has 0 radical (unpaired) electrons. The third kappa shape index (κ3) is 5.96. The van der Waals surface area contributed by atoms with E-state index in [1.807, 2.05) is 13.8 Å². The van der Waals surface area contributed by atoms with Crippen molar-refractivity contribution in [1.29, 1.82) is 0 Å². The van der Waals surface area contributed by atoms with E-state index in [0.29, 0.717) is 6.42 Å². The third-order valence-corrected chi connectivity index (χ3v) is 0.803. The molecule has 2 heteroatoms. The van der Waals surface area contributed by atoms with Gasteiger partial charge in [0.05, 0.1) is 0 Å². The van der Waals surface area contributed by atoms with Gasteiger partial charge in [-0.05, 0) is 20.8 Å². The van der Waals surface area contributed by atoms with Gasteiger partial charge in [-0.15, -0.1) is 11.6 Å². The van der Waals surface area contributed by atoms with Crippen LogP contribution in [-0.4, -0.2) is 10.7 Å². The number of Topliss-reactive ketones (excluding diaryl/α,β-unsaturated/α-hetero) is 1. The van der Waals surface area contributed by atoms with E-state index in [0.717, 1.165) is 0 Å². The molecular formula is C6H11ClO. The number of carbonyl (C=O) groups is 1. The lowest BCUT2D eigenvalue weighted by atomic mass is 10.1. The minimum atomic E-state index is -0.355. The summed E-state index contributed by atoms with van der Waals surface area (Å²) in [7, 11) is 0. The largest absolute Gasteiger partial charge is 0.300 e. The summed E-state index contributed by atoms with van der Waals surface area (Å²) in [5.74, 6) is 0.144. The Bertz CT molecular complexity index is 91.2. The monoisotopic (exact) mass is 134 g/mol. The fraction of sp³-hybridized carbons (Fsp3) is 0.833. The first-order chi connectivity index (χ1) is 3.42. The summed E-state index contributed by atoms with van der Waals surface area (Å²) in [4.78, 5) is 10.0. The number of alkyl halides is 1. The molecule has 0 heterocycles. The number of ketones is 1. The van der Waals surface area contributed by atoms with Crippen molar-refractivity contribution in [2.75, 3.05) is 0 Å². The molecule has 0 spiro atoms. The second-order valence-corrected chi connectivity index (χ2v) is 3.62. The summed E-state index contributed by atoms with van der Waals surface area (Å²) in [5.41, 5.74) is 0. The molecule has 0 aromatic heterocycles. The summed E-state index contributed by atoms with van der Waals surface area (Å²) >= 11 is 5.71. The Morgan fingerprint density at radius 1 is 1.62 bits per heavy atom. The topological polar surface area (TPSA) is 17.1 Å². The number of carbonyl (C=O) groups excluding carboxylic acids is 1. The average Bonchev–Trinajstić information content (AvgIpc) is 1.21. The lowest BCUT2D eigenvalue weighted by Crippen LogP contribution is -2.14. The van der Waals surface area contributed by atoms with Crippen LogP contribution in [0.15, 0.2) is 0 Å². The molecule has 1 nitrogen and oxygen atoms in total. The lowest BCUT2D eigenvalue weighted by Gasteiger charge is -2.11. The zero-order valence-corrected chi connectivity index (χ0v) is 6.25. The Hall–Kier alpha value is -0.0400. The zero-order chi connectivity index (χ0) is 6.78. The molecule has 0 aromatic carbocycles. The second-order valence-electron chi connectivity index (χ2n) is 2.60. The first-order valence-electron chi connectivity index (χ1n) is 2.60. The van der Waals surface area contributed by atoms with Crippen molar-refractivity contribution in [3.63, 3.8) is 0 Å². The maximum Gasteiger partial charge on any atom is 0.131 e. The first kappa shape index (κ1) is 7.96. The van der Waals surface area contributed by atoms with E-state index in [4.69, 9.17) is 11.6 Å². The number of hydrogen-bond donors (Lipinski definition) is 0. The van der Waals surface area contributed by atoms with Gasteiger partial charge in [0.2, 0.25) is 0 Å². The predicted octanol–water partition coefficient (Wildman–Crippen LogP) is 1.98. The van der Waals surface area contributed by atoms with E-state index in [1.54, 1.807) is 6.92 Å². The van der Waals surface area contributed by atoms with Gasteiger partial charge in [-0.1, -0.05) is 0 Å². The highest BCUT2D eigenvalue weighted by Gasteiger charge is 2.14. The summed E-state index contributed by atoms with van der Waals surface area (Å²) in [6.07, 6.45) is 0.453. The highest BCUT2D eigenvalue weighted by Crippen LogP contribution is 2.16. The maximum atomic E-state index is 10.4. The van der Waals surface area contributed by atoms with Crippen molar-refractivity contribution in [2.24, 2.45) is 0 Å². The molecule has 0 aliphatic rings. The van der Waals surface area contributed by atoms with E-state index in [-0.39, 0.29) is 10.7 Å². The van der Waals surface area contributed by atoms with Crippen LogP contribution >= 0.6 is 11.6 Å². The molecule has 0 amide bonds. The van der Waals surface area contributed by atoms with Gasteiger partial charge in [-0.25, -0.2) is 0 Å². The Morgan fingerprint density at radius 3 is 2.00 bits per heavy atom. The molecule has 0 atom stereocenters. The van der Waals surface area contributed by atoms with Gasteiger partial charge in [0.1, 0.15) is 5.78 Å². The third-order valence-electron chi connectivity index (χ3n) is 0.669. The van der Waals surface area contributed by atoms with Crippen molar-refractivity contribution in [3.8, 4) is 0 Å². The molecule has 0 unspecified atom stereocenters. The van der Waals surface area contributed by atoms with Gasteiger partial charge in [-0.3, -0.25) is 4.79 Å². The standard InChI is InChI=1S/C6H11ClO/c1-5(8)4-6(2,3)7/h4H2,1-3H3. The Labute approximate surface area is 55.0 Å². The van der Waals surface area contributed by atoms with Crippen LogP contribution in [0, 0.1) is 0 Å². The molecule has 0 aliphatic heterocycles. The van der Waals surface area contributed by atoms with Crippen molar-refractivity contribution < 1.29 is 4.79 Å². The van der Waals surface area contributed by atoms with Crippen LogP contribution in [0.5, 0.6) is 0 Å². The lowest BCUT2D eigenvalue weighted by molar-refractivity contribution is -0.117. The second kappa shape index (κ2) is 2.49. The van der Waals surface area contributed by atoms with Gasteiger partial charge in [0.25, 0.3) is 0 Å². The smallest absolute Gasteiger partial charge is 0.131 e. The summed E-state index contributed by atoms with van der Waals surface area (Å²) < 4.78 is 0. The molecule has 0 aromatic rings. The van der Waals surface area contributed by atoms with Crippen LogP contribution in [-0.2, 0) is 4.79 Å². The van der Waals surface area contributed by atoms with Gasteiger partial charge >= 0.3 is 0 Å². The van der Waals surface area contributed by atoms with Crippen LogP contribution in [0.25, 0.3) is 0 Å². The maximum absolute atomic E-state index is 10.4. The Morgan fingerprint density at radius 2 is 2.00 bits per heavy atom. The van der Waals surface area contributed by atoms with Gasteiger partial charge in [0.15, 0.2) is 0 Å². The van der Waals surface area contributed by atoms with Crippen LogP contribution in [0.2, 0.25) is 0 Å². The van der Waals surface area contributed by atoms with Crippen molar-refractivity contribution in [3.05, 3.63) is 0 Å². The molecule has 8 heavy (non-hydrogen) atoms. The fourth-order valence-electron chi connectivity index (χ4n) is 0.592. The van der Waals surface area contributed by atoms with Crippen LogP contribution in [0.1, 0.15) is 27.2 Å². The van der Waals surface area contributed by atoms with Crippen LogP contribution < -0.4 is 0 Å². The summed E-state index contributed by atoms with van der Waals surface area (Å²) in [6, 6.07) is 0. The molecule has 0 saturated carbocycles. The van der Waals surface area contributed by atoms with Gasteiger partial charge in [-0.2, -0.15) is 0 Å². The molecule has 0 N–H and O–H groups in total. The molecule has 0 rings (SSSR count). The number of halogens is 1. The average molecular weight is 135 g/mol. The van der Waals surface area contributed by atoms with E-state index < -0.39 is 0 Å². The van der Waals surface area contributed by atoms with Crippen molar-refractivity contribution in [1.82, 2.24) is 0 Å². The predicted molar refractivity (Wildman–Crippen MR) is 35.2 cm³/mol. The Balaban J connectivity index is 3.55. The molecule has 0 saturated heterocycles. The van der Waals surface area contributed by atoms with Crippen molar-refractivity contribution >= 4 is 17.4 Å². The van der Waals surface area contributed by atoms with Crippen molar-refractivity contribution in [2.45, 2.75) is 32.1 Å². The van der Waals surface area contributed by atoms with E-state index in [2.05, 4.69) is 0 Å². The SMILES string of the molecule is CC(=O)CC(C)(C)Cl. The molecule has 48 valence electrons. The number of rotatable bonds is 2. The van der Waals surface area contributed by atoms with E-state index >= 15 is 0 Å². The Kier molecular flexibility index (Phi) is 2.48. The first-order valence-corrected chi connectivity index (χ1v) is 2.98. The van der Waals surface area contributed by atoms with E-state index in [9.17, 15) is 4.79 Å². The minimum Gasteiger partial charge on any atom is -0.300 e. The van der Waals surface area contributed by atoms with Crippen LogP contribution in [0.4, 0.5) is 0 Å². The summed E-state index contributed by atoms with van der Waals surface area (Å²) in [6.45, 7) is 5.20. The quantitative estimate of drug-likeness (QED) is 0.528. The fourth-order valence-corrected chi connectivity index (χ4v) is 0.780. The van der Waals surface area contributed by atoms with Crippen LogP contribution in [0.3, 0.4) is 0 Å². The highest BCUT2D eigenvalue weighted by molar-refractivity contribution is 6.24. The number of hydrogen-bond acceptors (Lipinski definition) is 1. The molecular weight excluding hydrogens is 124 g/mol. The highest BCUT2D eigenvalue weighted by atomic mass is 35.5. The summed E-state index contributed by atoms with van der Waals surface area (Å²) in [5, 5.41) is 0. The molecule has 0 aliphatic carbocycles. The van der Waals surface area contributed by atoms with E-state index in [1.165, 1.54) is 0 Å². The molecule has 0 fully saturated rings. The van der Waals surface area contributed by atoms with Gasteiger partial charge in [0, 0.05) is 11.3 Å². The zero-order valence-electron chi connectivity index (χ0n) is 5.49. The minimum absolute atomic E-state index is 0.144. The normalized spacial score (nSPS) is 11.5.